The summed E-state index contributed by atoms with van der Waals surface area (Å²) >= 11 is 0. The number of furan rings is 1. The molecule has 0 aliphatic heterocycles. The van der Waals surface area contributed by atoms with Crippen molar-refractivity contribution in [3.05, 3.63) is 134 Å². The van der Waals surface area contributed by atoms with Crippen LogP contribution in [0, 0.1) is 0 Å². The molecule has 0 aliphatic rings. The van der Waals surface area contributed by atoms with Gasteiger partial charge in [0.15, 0.2) is 17.5 Å². The molecule has 0 aliphatic carbocycles. The topological polar surface area (TPSA) is 64.7 Å². The lowest BCUT2D eigenvalue weighted by molar-refractivity contribution is 0.669. The van der Waals surface area contributed by atoms with Crippen LogP contribution in [0.25, 0.3) is 88.5 Å². The molecular weight excluding hydrogens is 528 g/mol. The standard InChI is InChI=1S/C38H22N4O/c1-3-10-23(11-4-1)36-40-37(24-12-5-2-6-13-24)42-38(41-36)25-17-18-27-32-21-30-29-16-9-19-39-35(29)28-15-8-7-14-26(28)31(30)22-34(32)43-33(27)20-25/h1-22H. The fourth-order valence-corrected chi connectivity index (χ4v) is 6.11. The molecule has 43 heavy (non-hydrogen) atoms. The molecule has 0 amide bonds. The summed E-state index contributed by atoms with van der Waals surface area (Å²) in [6.45, 7) is 0. The van der Waals surface area contributed by atoms with E-state index >= 15 is 0 Å². The van der Waals surface area contributed by atoms with E-state index in [0.29, 0.717) is 17.5 Å². The maximum atomic E-state index is 6.53. The third kappa shape index (κ3) is 3.79. The van der Waals surface area contributed by atoms with Crippen LogP contribution in [0.5, 0.6) is 0 Å². The Morgan fingerprint density at radius 2 is 0.930 bits per heavy atom. The highest BCUT2D eigenvalue weighted by molar-refractivity contribution is 6.27. The molecule has 0 saturated heterocycles. The summed E-state index contributed by atoms with van der Waals surface area (Å²) in [5.74, 6) is 1.86. The van der Waals surface area contributed by atoms with Crippen molar-refractivity contribution >= 4 is 54.4 Å². The van der Waals surface area contributed by atoms with Crippen LogP contribution < -0.4 is 0 Å². The fraction of sp³-hybridized carbons (Fsp3) is 0. The van der Waals surface area contributed by atoms with Crippen molar-refractivity contribution in [2.75, 3.05) is 0 Å². The molecule has 0 unspecified atom stereocenters. The molecular formula is C38H22N4O. The van der Waals surface area contributed by atoms with E-state index in [2.05, 4.69) is 54.6 Å². The van der Waals surface area contributed by atoms with Crippen molar-refractivity contribution in [1.29, 1.82) is 0 Å². The molecule has 0 fully saturated rings. The van der Waals surface area contributed by atoms with Crippen LogP contribution in [0.1, 0.15) is 0 Å². The molecule has 3 aromatic heterocycles. The number of nitrogens with zero attached hydrogens (tertiary/aromatic N) is 4. The van der Waals surface area contributed by atoms with Crippen LogP contribution in [-0.4, -0.2) is 19.9 Å². The van der Waals surface area contributed by atoms with Gasteiger partial charge in [-0.15, -0.1) is 0 Å². The predicted molar refractivity (Wildman–Crippen MR) is 174 cm³/mol. The van der Waals surface area contributed by atoms with Crippen molar-refractivity contribution in [1.82, 2.24) is 19.9 Å². The quantitative estimate of drug-likeness (QED) is 0.205. The highest BCUT2D eigenvalue weighted by atomic mass is 16.3. The van der Waals surface area contributed by atoms with Gasteiger partial charge in [0.25, 0.3) is 0 Å². The van der Waals surface area contributed by atoms with Gasteiger partial charge < -0.3 is 4.42 Å². The van der Waals surface area contributed by atoms with E-state index in [-0.39, 0.29) is 0 Å². The molecule has 0 N–H and O–H groups in total. The van der Waals surface area contributed by atoms with Gasteiger partial charge in [-0.25, -0.2) is 15.0 Å². The third-order valence-corrected chi connectivity index (χ3v) is 8.14. The lowest BCUT2D eigenvalue weighted by Crippen LogP contribution is -2.00. The van der Waals surface area contributed by atoms with Gasteiger partial charge in [0.1, 0.15) is 11.2 Å². The molecule has 0 saturated carbocycles. The first-order valence-corrected chi connectivity index (χ1v) is 14.2. The first kappa shape index (κ1) is 23.7. The molecule has 3 heterocycles. The van der Waals surface area contributed by atoms with Crippen LogP contribution in [0.2, 0.25) is 0 Å². The Morgan fingerprint density at radius 3 is 1.65 bits per heavy atom. The zero-order valence-electron chi connectivity index (χ0n) is 22.9. The van der Waals surface area contributed by atoms with Crippen molar-refractivity contribution in [3.63, 3.8) is 0 Å². The number of rotatable bonds is 3. The predicted octanol–water partition coefficient (Wildman–Crippen LogP) is 9.63. The van der Waals surface area contributed by atoms with E-state index in [4.69, 9.17) is 24.4 Å². The van der Waals surface area contributed by atoms with Gasteiger partial charge in [-0.05, 0) is 46.5 Å². The summed E-state index contributed by atoms with van der Waals surface area (Å²) in [5, 5.41) is 7.88. The van der Waals surface area contributed by atoms with E-state index in [1.165, 1.54) is 10.8 Å². The van der Waals surface area contributed by atoms with E-state index in [1.807, 2.05) is 79.0 Å². The van der Waals surface area contributed by atoms with Gasteiger partial charge in [-0.3, -0.25) is 4.98 Å². The number of fused-ring (bicyclic) bond motifs is 9. The molecule has 0 atom stereocenters. The van der Waals surface area contributed by atoms with Gasteiger partial charge in [0, 0.05) is 44.4 Å². The summed E-state index contributed by atoms with van der Waals surface area (Å²) < 4.78 is 6.53. The molecule has 200 valence electrons. The normalized spacial score (nSPS) is 11.7. The van der Waals surface area contributed by atoms with E-state index in [1.54, 1.807) is 0 Å². The number of hydrogen-bond acceptors (Lipinski definition) is 5. The third-order valence-electron chi connectivity index (χ3n) is 8.14. The van der Waals surface area contributed by atoms with E-state index in [9.17, 15) is 0 Å². The summed E-state index contributed by atoms with van der Waals surface area (Å²) in [7, 11) is 0. The van der Waals surface area contributed by atoms with Gasteiger partial charge in [0.2, 0.25) is 0 Å². The average Bonchev–Trinajstić information content (AvgIpc) is 3.45. The maximum absolute atomic E-state index is 6.53. The molecule has 9 aromatic rings. The minimum atomic E-state index is 0.600. The van der Waals surface area contributed by atoms with Crippen LogP contribution >= 0.6 is 0 Å². The molecule has 6 aromatic carbocycles. The van der Waals surface area contributed by atoms with Gasteiger partial charge >= 0.3 is 0 Å². The summed E-state index contributed by atoms with van der Waals surface area (Å²) in [6.07, 6.45) is 1.86. The first-order valence-electron chi connectivity index (χ1n) is 14.2. The van der Waals surface area contributed by atoms with E-state index in [0.717, 1.165) is 60.3 Å². The number of benzene rings is 6. The molecule has 9 rings (SSSR count). The first-order chi connectivity index (χ1) is 21.3. The second kappa shape index (κ2) is 9.29. The number of hydrogen-bond donors (Lipinski definition) is 0. The van der Waals surface area contributed by atoms with Gasteiger partial charge in [0.05, 0.1) is 5.52 Å². The zero-order valence-corrected chi connectivity index (χ0v) is 22.9. The highest BCUT2D eigenvalue weighted by Gasteiger charge is 2.17. The lowest BCUT2D eigenvalue weighted by atomic mass is 9.95. The summed E-state index contributed by atoms with van der Waals surface area (Å²) in [5.41, 5.74) is 5.39. The molecule has 0 bridgehead atoms. The largest absolute Gasteiger partial charge is 0.456 e. The molecule has 0 radical (unpaired) electrons. The number of pyridine rings is 1. The Hall–Kier alpha value is -5.94. The van der Waals surface area contributed by atoms with Crippen molar-refractivity contribution in [2.45, 2.75) is 0 Å². The molecule has 5 nitrogen and oxygen atoms in total. The zero-order chi connectivity index (χ0) is 28.3. The van der Waals surface area contributed by atoms with Gasteiger partial charge in [-0.1, -0.05) is 97.1 Å². The van der Waals surface area contributed by atoms with Crippen LogP contribution in [0.15, 0.2) is 138 Å². The SMILES string of the molecule is c1ccc(-c2nc(-c3ccccc3)nc(-c3ccc4c(c3)oc3cc5c6ccccc6c6ncccc6c5cc34)n2)cc1. The lowest BCUT2D eigenvalue weighted by Gasteiger charge is -2.09. The monoisotopic (exact) mass is 550 g/mol. The fourth-order valence-electron chi connectivity index (χ4n) is 6.11. The highest BCUT2D eigenvalue weighted by Crippen LogP contribution is 2.40. The van der Waals surface area contributed by atoms with Crippen LogP contribution in [0.4, 0.5) is 0 Å². The Balaban J connectivity index is 1.27. The Kier molecular flexibility index (Phi) is 5.13. The minimum absolute atomic E-state index is 0.600. The molecule has 5 heteroatoms. The smallest absolute Gasteiger partial charge is 0.164 e. The molecule has 0 spiro atoms. The Morgan fingerprint density at radius 1 is 0.372 bits per heavy atom. The van der Waals surface area contributed by atoms with Crippen LogP contribution in [-0.2, 0) is 0 Å². The van der Waals surface area contributed by atoms with Crippen molar-refractivity contribution in [2.24, 2.45) is 0 Å². The van der Waals surface area contributed by atoms with Gasteiger partial charge in [-0.2, -0.15) is 0 Å². The summed E-state index contributed by atoms with van der Waals surface area (Å²) in [4.78, 5) is 19.4. The average molecular weight is 551 g/mol. The Labute approximate surface area is 246 Å². The van der Waals surface area contributed by atoms with Crippen LogP contribution in [0.3, 0.4) is 0 Å². The van der Waals surface area contributed by atoms with Crippen molar-refractivity contribution < 1.29 is 4.42 Å². The summed E-state index contributed by atoms with van der Waals surface area (Å²) in [6, 6.07) is 43.3. The Bertz CT molecular complexity index is 2450. The number of aromatic nitrogens is 4. The second-order valence-electron chi connectivity index (χ2n) is 10.7. The second-order valence-corrected chi connectivity index (χ2v) is 10.7. The minimum Gasteiger partial charge on any atom is -0.456 e. The van der Waals surface area contributed by atoms with Crippen molar-refractivity contribution in [3.8, 4) is 34.2 Å². The maximum Gasteiger partial charge on any atom is 0.164 e. The van der Waals surface area contributed by atoms with E-state index < -0.39 is 0 Å².